The molecule has 2 aromatic rings. The first-order valence-electron chi connectivity index (χ1n) is 7.33. The number of benzene rings is 2. The van der Waals surface area contributed by atoms with Crippen molar-refractivity contribution in [3.05, 3.63) is 70.8 Å². The third-order valence-corrected chi connectivity index (χ3v) is 4.64. The molecule has 3 nitrogen and oxygen atoms in total. The van der Waals surface area contributed by atoms with Gasteiger partial charge in [0.1, 0.15) is 0 Å². The molecule has 1 aliphatic carbocycles. The fraction of sp³-hybridized carbons (Fsp3) is 0.278. The maximum absolute atomic E-state index is 12.4. The van der Waals surface area contributed by atoms with Crippen molar-refractivity contribution >= 4 is 17.7 Å². The van der Waals surface area contributed by atoms with Crippen LogP contribution in [0.3, 0.4) is 0 Å². The number of fused-ring (bicyclic) bond motifs is 1. The van der Waals surface area contributed by atoms with E-state index in [-0.39, 0.29) is 11.9 Å². The third-order valence-electron chi connectivity index (χ3n) is 4.02. The van der Waals surface area contributed by atoms with Gasteiger partial charge in [0.05, 0.1) is 12.1 Å². The topological polar surface area (TPSA) is 49.3 Å². The summed E-state index contributed by atoms with van der Waals surface area (Å²) in [6.45, 7) is 0. The monoisotopic (exact) mass is 313 g/mol. The first-order chi connectivity index (χ1) is 10.7. The molecule has 1 aliphatic rings. The van der Waals surface area contributed by atoms with E-state index < -0.39 is 6.10 Å². The van der Waals surface area contributed by atoms with Crippen molar-refractivity contribution < 1.29 is 9.90 Å². The van der Waals surface area contributed by atoms with Gasteiger partial charge in [-0.25, -0.2) is 0 Å². The molecule has 0 saturated heterocycles. The van der Waals surface area contributed by atoms with E-state index in [2.05, 4.69) is 11.6 Å². The standard InChI is InChI=1S/C18H19NO2S/c1-22-11-12-6-8-13(9-7-12)18(21)19-17-15-5-3-2-4-14(15)10-16(17)20/h2-9,16-17,20H,10-11H2,1H3,(H,19,21). The molecule has 2 aromatic carbocycles. The highest BCUT2D eigenvalue weighted by Crippen LogP contribution is 2.31. The number of nitrogens with one attached hydrogen (secondary N) is 1. The maximum atomic E-state index is 12.4. The Morgan fingerprint density at radius 2 is 1.95 bits per heavy atom. The number of carbonyl (C=O) groups excluding carboxylic acids is 1. The molecule has 1 amide bonds. The molecule has 0 heterocycles. The molecule has 2 N–H and O–H groups in total. The Bertz CT molecular complexity index is 669. The summed E-state index contributed by atoms with van der Waals surface area (Å²) in [7, 11) is 0. The summed E-state index contributed by atoms with van der Waals surface area (Å²) in [5.74, 6) is 0.799. The van der Waals surface area contributed by atoms with Crippen molar-refractivity contribution in [2.45, 2.75) is 24.3 Å². The van der Waals surface area contributed by atoms with Gasteiger partial charge in [-0.05, 0) is 35.1 Å². The number of rotatable bonds is 4. The van der Waals surface area contributed by atoms with Gasteiger partial charge in [0.15, 0.2) is 0 Å². The van der Waals surface area contributed by atoms with Crippen LogP contribution in [0, 0.1) is 0 Å². The van der Waals surface area contributed by atoms with E-state index in [9.17, 15) is 9.90 Å². The van der Waals surface area contributed by atoms with E-state index in [0.717, 1.165) is 16.9 Å². The van der Waals surface area contributed by atoms with E-state index in [1.54, 1.807) is 11.8 Å². The van der Waals surface area contributed by atoms with Crippen LogP contribution in [0.25, 0.3) is 0 Å². The number of aliphatic hydroxyl groups is 1. The number of thioether (sulfide) groups is 1. The van der Waals surface area contributed by atoms with Gasteiger partial charge < -0.3 is 10.4 Å². The molecule has 2 atom stereocenters. The molecule has 0 saturated carbocycles. The van der Waals surface area contributed by atoms with Crippen LogP contribution in [0.2, 0.25) is 0 Å². The third kappa shape index (κ3) is 3.03. The first-order valence-corrected chi connectivity index (χ1v) is 8.73. The lowest BCUT2D eigenvalue weighted by Crippen LogP contribution is -2.33. The molecule has 3 rings (SSSR count). The predicted molar refractivity (Wildman–Crippen MR) is 90.0 cm³/mol. The van der Waals surface area contributed by atoms with Gasteiger partial charge in [0.25, 0.3) is 5.91 Å². The minimum Gasteiger partial charge on any atom is -0.390 e. The summed E-state index contributed by atoms with van der Waals surface area (Å²) in [6, 6.07) is 15.2. The fourth-order valence-corrected chi connectivity index (χ4v) is 3.42. The van der Waals surface area contributed by atoms with Crippen LogP contribution in [0.1, 0.15) is 33.1 Å². The molecule has 0 fully saturated rings. The van der Waals surface area contributed by atoms with Gasteiger partial charge in [-0.1, -0.05) is 36.4 Å². The van der Waals surface area contributed by atoms with E-state index in [4.69, 9.17) is 0 Å². The lowest BCUT2D eigenvalue weighted by Gasteiger charge is -2.18. The van der Waals surface area contributed by atoms with Crippen LogP contribution >= 0.6 is 11.8 Å². The summed E-state index contributed by atoms with van der Waals surface area (Å²) in [4.78, 5) is 12.4. The highest BCUT2D eigenvalue weighted by Gasteiger charge is 2.31. The van der Waals surface area contributed by atoms with Crippen LogP contribution in [-0.2, 0) is 12.2 Å². The zero-order valence-electron chi connectivity index (χ0n) is 12.5. The van der Waals surface area contributed by atoms with Crippen molar-refractivity contribution in [3.8, 4) is 0 Å². The molecular weight excluding hydrogens is 294 g/mol. The Morgan fingerprint density at radius 1 is 1.23 bits per heavy atom. The van der Waals surface area contributed by atoms with Gasteiger partial charge >= 0.3 is 0 Å². The SMILES string of the molecule is CSCc1ccc(C(=O)NC2c3ccccc3CC2O)cc1. The van der Waals surface area contributed by atoms with Crippen LogP contribution in [-0.4, -0.2) is 23.4 Å². The number of carbonyl (C=O) groups is 1. The smallest absolute Gasteiger partial charge is 0.251 e. The van der Waals surface area contributed by atoms with E-state index in [1.807, 2.05) is 48.5 Å². The van der Waals surface area contributed by atoms with Gasteiger partial charge in [0.2, 0.25) is 0 Å². The van der Waals surface area contributed by atoms with Crippen molar-refractivity contribution in [2.75, 3.05) is 6.26 Å². The summed E-state index contributed by atoms with van der Waals surface area (Å²) >= 11 is 1.75. The van der Waals surface area contributed by atoms with Crippen molar-refractivity contribution in [2.24, 2.45) is 0 Å². The van der Waals surface area contributed by atoms with E-state index in [0.29, 0.717) is 12.0 Å². The summed E-state index contributed by atoms with van der Waals surface area (Å²) in [5.41, 5.74) is 3.95. The Morgan fingerprint density at radius 3 is 2.68 bits per heavy atom. The molecular formula is C18H19NO2S. The van der Waals surface area contributed by atoms with Gasteiger partial charge in [-0.15, -0.1) is 0 Å². The Labute approximate surface area is 134 Å². The normalized spacial score (nSPS) is 19.7. The van der Waals surface area contributed by atoms with Crippen LogP contribution < -0.4 is 5.32 Å². The van der Waals surface area contributed by atoms with Crippen LogP contribution in [0.15, 0.2) is 48.5 Å². The second-order valence-corrected chi connectivity index (χ2v) is 6.42. The molecule has 0 aliphatic heterocycles. The minimum absolute atomic E-state index is 0.142. The van der Waals surface area contributed by atoms with E-state index >= 15 is 0 Å². The second-order valence-electron chi connectivity index (χ2n) is 5.55. The van der Waals surface area contributed by atoms with Crippen molar-refractivity contribution in [3.63, 3.8) is 0 Å². The molecule has 114 valence electrons. The lowest BCUT2D eigenvalue weighted by atomic mass is 10.1. The minimum atomic E-state index is -0.558. The summed E-state index contributed by atoms with van der Waals surface area (Å²) in [6.07, 6.45) is 2.09. The molecule has 4 heteroatoms. The van der Waals surface area contributed by atoms with Gasteiger partial charge in [-0.2, -0.15) is 11.8 Å². The maximum Gasteiger partial charge on any atom is 0.251 e. The predicted octanol–water partition coefficient (Wildman–Crippen LogP) is 2.94. The van der Waals surface area contributed by atoms with Crippen molar-refractivity contribution in [1.82, 2.24) is 5.32 Å². The highest BCUT2D eigenvalue weighted by molar-refractivity contribution is 7.97. The Balaban J connectivity index is 1.74. The average Bonchev–Trinajstić information content (AvgIpc) is 2.84. The van der Waals surface area contributed by atoms with Gasteiger partial charge in [0, 0.05) is 17.7 Å². The second kappa shape index (κ2) is 6.55. The van der Waals surface area contributed by atoms with E-state index in [1.165, 1.54) is 5.56 Å². The average molecular weight is 313 g/mol. The van der Waals surface area contributed by atoms with Crippen LogP contribution in [0.4, 0.5) is 0 Å². The van der Waals surface area contributed by atoms with Crippen LogP contribution in [0.5, 0.6) is 0 Å². The largest absolute Gasteiger partial charge is 0.390 e. The summed E-state index contributed by atoms with van der Waals surface area (Å²) < 4.78 is 0. The fourth-order valence-electron chi connectivity index (χ4n) is 2.89. The molecule has 0 aromatic heterocycles. The molecule has 2 unspecified atom stereocenters. The summed E-state index contributed by atoms with van der Waals surface area (Å²) in [5, 5.41) is 13.2. The molecule has 22 heavy (non-hydrogen) atoms. The van der Waals surface area contributed by atoms with Gasteiger partial charge in [-0.3, -0.25) is 4.79 Å². The number of hydrogen-bond acceptors (Lipinski definition) is 3. The number of amides is 1. The zero-order valence-corrected chi connectivity index (χ0v) is 13.3. The zero-order chi connectivity index (χ0) is 15.5. The van der Waals surface area contributed by atoms with Crippen molar-refractivity contribution in [1.29, 1.82) is 0 Å². The molecule has 0 bridgehead atoms. The first kappa shape index (κ1) is 15.1. The Hall–Kier alpha value is -1.78. The number of aliphatic hydroxyl groups excluding tert-OH is 1. The molecule has 0 spiro atoms. The lowest BCUT2D eigenvalue weighted by molar-refractivity contribution is 0.0858. The number of hydrogen-bond donors (Lipinski definition) is 2. The molecule has 0 radical (unpaired) electrons. The quantitative estimate of drug-likeness (QED) is 0.912. The Kier molecular flexibility index (Phi) is 4.50. The highest BCUT2D eigenvalue weighted by atomic mass is 32.2.